The molecule has 0 aliphatic carbocycles. The van der Waals surface area contributed by atoms with E-state index in [0.717, 1.165) is 25.3 Å². The number of esters is 1. The Morgan fingerprint density at radius 3 is 2.60 bits per heavy atom. The molecule has 0 saturated carbocycles. The van der Waals surface area contributed by atoms with E-state index < -0.39 is 23.2 Å². The van der Waals surface area contributed by atoms with Gasteiger partial charge >= 0.3 is 5.97 Å². The van der Waals surface area contributed by atoms with Gasteiger partial charge in [-0.05, 0) is 18.9 Å². The molecule has 1 rings (SSSR count). The van der Waals surface area contributed by atoms with E-state index in [1.165, 1.54) is 6.08 Å². The maximum atomic E-state index is 11.9. The second-order valence-corrected chi connectivity index (χ2v) is 4.46. The molecule has 0 amide bonds. The van der Waals surface area contributed by atoms with Crippen molar-refractivity contribution in [3.05, 3.63) is 29.8 Å². The number of hydrogen-bond acceptors (Lipinski definition) is 5. The number of phenols is 3. The summed E-state index contributed by atoms with van der Waals surface area (Å²) in [5.74, 6) is -2.29. The molecule has 0 aliphatic rings. The molecule has 0 aromatic heterocycles. The number of carbonyl (C=O) groups excluding carboxylic acids is 1. The molecule has 1 aromatic carbocycles. The van der Waals surface area contributed by atoms with E-state index in [2.05, 4.69) is 6.58 Å². The molecular formula is C15H20O5. The quantitative estimate of drug-likeness (QED) is 0.309. The van der Waals surface area contributed by atoms with Gasteiger partial charge in [0, 0.05) is 5.56 Å². The number of benzene rings is 1. The predicted molar refractivity (Wildman–Crippen MR) is 75.1 cm³/mol. The zero-order valence-corrected chi connectivity index (χ0v) is 11.6. The summed E-state index contributed by atoms with van der Waals surface area (Å²) < 4.78 is 4.91. The van der Waals surface area contributed by atoms with E-state index in [1.54, 1.807) is 0 Å². The Morgan fingerprint density at radius 2 is 2.00 bits per heavy atom. The lowest BCUT2D eigenvalue weighted by molar-refractivity contribution is 0.0547. The standard InChI is InChI=1S/C15H20O5/c1-3-5-6-7-10-11(15(19)20-8-4-2)9-12(16)14(18)13(10)17/h4,9,16-18H,2-3,5-8H2,1H3. The molecule has 0 bridgehead atoms. The first-order chi connectivity index (χ1) is 9.52. The Balaban J connectivity index is 3.12. The second-order valence-electron chi connectivity index (χ2n) is 4.46. The molecule has 1 aromatic rings. The highest BCUT2D eigenvalue weighted by Crippen LogP contribution is 2.40. The number of ether oxygens (including phenoxy) is 1. The van der Waals surface area contributed by atoms with Gasteiger partial charge in [-0.15, -0.1) is 0 Å². The highest BCUT2D eigenvalue weighted by Gasteiger charge is 2.21. The summed E-state index contributed by atoms with van der Waals surface area (Å²) in [6.07, 6.45) is 4.53. The Bertz CT molecular complexity index is 494. The minimum atomic E-state index is -0.665. The summed E-state index contributed by atoms with van der Waals surface area (Å²) >= 11 is 0. The van der Waals surface area contributed by atoms with Crippen LogP contribution in [-0.2, 0) is 11.2 Å². The lowest BCUT2D eigenvalue weighted by atomic mass is 9.99. The maximum Gasteiger partial charge on any atom is 0.339 e. The van der Waals surface area contributed by atoms with Crippen LogP contribution in [0.25, 0.3) is 0 Å². The molecule has 0 saturated heterocycles. The molecule has 0 fully saturated rings. The molecule has 0 radical (unpaired) electrons. The van der Waals surface area contributed by atoms with E-state index in [1.807, 2.05) is 6.92 Å². The van der Waals surface area contributed by atoms with Crippen molar-refractivity contribution < 1.29 is 24.9 Å². The number of unbranched alkanes of at least 4 members (excludes halogenated alkanes) is 2. The lowest BCUT2D eigenvalue weighted by Gasteiger charge is -2.13. The fourth-order valence-corrected chi connectivity index (χ4v) is 1.88. The largest absolute Gasteiger partial charge is 0.504 e. The molecular weight excluding hydrogens is 260 g/mol. The Labute approximate surface area is 118 Å². The summed E-state index contributed by atoms with van der Waals surface area (Å²) in [6.45, 7) is 5.52. The predicted octanol–water partition coefficient (Wildman–Crippen LogP) is 2.88. The average molecular weight is 280 g/mol. The Kier molecular flexibility index (Phi) is 5.90. The number of rotatable bonds is 7. The zero-order valence-electron chi connectivity index (χ0n) is 11.6. The van der Waals surface area contributed by atoms with E-state index in [0.29, 0.717) is 12.0 Å². The minimum Gasteiger partial charge on any atom is -0.504 e. The van der Waals surface area contributed by atoms with Crippen LogP contribution in [-0.4, -0.2) is 27.9 Å². The molecule has 5 nitrogen and oxygen atoms in total. The Morgan fingerprint density at radius 1 is 1.30 bits per heavy atom. The van der Waals surface area contributed by atoms with Crippen LogP contribution in [0.15, 0.2) is 18.7 Å². The first-order valence-corrected chi connectivity index (χ1v) is 6.57. The number of phenolic OH excluding ortho intramolecular Hbond substituents is 3. The maximum absolute atomic E-state index is 11.9. The van der Waals surface area contributed by atoms with E-state index >= 15 is 0 Å². The molecule has 110 valence electrons. The highest BCUT2D eigenvalue weighted by atomic mass is 16.5. The highest BCUT2D eigenvalue weighted by molar-refractivity contribution is 5.93. The molecule has 0 unspecified atom stereocenters. The van der Waals surface area contributed by atoms with Crippen LogP contribution in [0.3, 0.4) is 0 Å². The third-order valence-corrected chi connectivity index (χ3v) is 2.94. The van der Waals surface area contributed by atoms with Gasteiger partial charge in [-0.3, -0.25) is 0 Å². The zero-order chi connectivity index (χ0) is 15.1. The first-order valence-electron chi connectivity index (χ1n) is 6.57. The van der Waals surface area contributed by atoms with Crippen LogP contribution in [0.2, 0.25) is 0 Å². The van der Waals surface area contributed by atoms with Crippen molar-refractivity contribution in [3.63, 3.8) is 0 Å². The van der Waals surface area contributed by atoms with Gasteiger partial charge in [0.15, 0.2) is 11.5 Å². The SMILES string of the molecule is C=CCOC(=O)c1cc(O)c(O)c(O)c1CCCCC. The normalized spacial score (nSPS) is 10.2. The summed E-state index contributed by atoms with van der Waals surface area (Å²) in [7, 11) is 0. The average Bonchev–Trinajstić information content (AvgIpc) is 2.44. The second kappa shape index (κ2) is 7.43. The van der Waals surface area contributed by atoms with Crippen molar-refractivity contribution in [2.75, 3.05) is 6.61 Å². The molecule has 0 atom stereocenters. The van der Waals surface area contributed by atoms with E-state index in [9.17, 15) is 20.1 Å². The van der Waals surface area contributed by atoms with Gasteiger partial charge in [-0.1, -0.05) is 32.4 Å². The van der Waals surface area contributed by atoms with Crippen molar-refractivity contribution >= 4 is 5.97 Å². The number of carbonyl (C=O) groups is 1. The van der Waals surface area contributed by atoms with E-state index in [4.69, 9.17) is 4.74 Å². The molecule has 3 N–H and O–H groups in total. The van der Waals surface area contributed by atoms with Crippen LogP contribution in [0.4, 0.5) is 0 Å². The van der Waals surface area contributed by atoms with Crippen LogP contribution >= 0.6 is 0 Å². The molecule has 0 aliphatic heterocycles. The van der Waals surface area contributed by atoms with Gasteiger partial charge in [0.25, 0.3) is 0 Å². The van der Waals surface area contributed by atoms with E-state index in [-0.39, 0.29) is 12.2 Å². The summed E-state index contributed by atoms with van der Waals surface area (Å²) in [5.41, 5.74) is 0.360. The summed E-state index contributed by atoms with van der Waals surface area (Å²) in [6, 6.07) is 1.11. The van der Waals surface area contributed by atoms with Gasteiger partial charge < -0.3 is 20.1 Å². The molecule has 0 spiro atoms. The molecule has 20 heavy (non-hydrogen) atoms. The van der Waals surface area contributed by atoms with Crippen molar-refractivity contribution in [1.82, 2.24) is 0 Å². The van der Waals surface area contributed by atoms with Gasteiger partial charge in [0.05, 0.1) is 5.56 Å². The van der Waals surface area contributed by atoms with Crippen LogP contribution < -0.4 is 0 Å². The third-order valence-electron chi connectivity index (χ3n) is 2.94. The monoisotopic (exact) mass is 280 g/mol. The number of aromatic hydroxyl groups is 3. The first kappa shape index (κ1) is 15.9. The molecule has 5 heteroatoms. The van der Waals surface area contributed by atoms with Crippen LogP contribution in [0.5, 0.6) is 17.2 Å². The Hall–Kier alpha value is -2.17. The van der Waals surface area contributed by atoms with Crippen LogP contribution in [0, 0.1) is 0 Å². The van der Waals surface area contributed by atoms with Gasteiger partial charge in [-0.2, -0.15) is 0 Å². The topological polar surface area (TPSA) is 87.0 Å². The van der Waals surface area contributed by atoms with Crippen molar-refractivity contribution in [2.45, 2.75) is 32.6 Å². The smallest absolute Gasteiger partial charge is 0.339 e. The van der Waals surface area contributed by atoms with Crippen molar-refractivity contribution in [3.8, 4) is 17.2 Å². The number of hydrogen-bond donors (Lipinski definition) is 3. The molecule has 0 heterocycles. The minimum absolute atomic E-state index is 0.0373. The third kappa shape index (κ3) is 3.66. The lowest BCUT2D eigenvalue weighted by Crippen LogP contribution is -2.09. The van der Waals surface area contributed by atoms with Gasteiger partial charge in [0.2, 0.25) is 5.75 Å². The van der Waals surface area contributed by atoms with Gasteiger partial charge in [0.1, 0.15) is 6.61 Å². The van der Waals surface area contributed by atoms with Crippen molar-refractivity contribution in [1.29, 1.82) is 0 Å². The van der Waals surface area contributed by atoms with Crippen molar-refractivity contribution in [2.24, 2.45) is 0 Å². The summed E-state index contributed by atoms with van der Waals surface area (Å²) in [4.78, 5) is 11.9. The fourth-order valence-electron chi connectivity index (χ4n) is 1.88. The van der Waals surface area contributed by atoms with Gasteiger partial charge in [-0.25, -0.2) is 4.79 Å². The van der Waals surface area contributed by atoms with Crippen LogP contribution in [0.1, 0.15) is 42.1 Å². The summed E-state index contributed by atoms with van der Waals surface area (Å²) in [5, 5.41) is 29.0. The fraction of sp³-hybridized carbons (Fsp3) is 0.400.